The van der Waals surface area contributed by atoms with E-state index < -0.39 is 0 Å². The van der Waals surface area contributed by atoms with Crippen molar-refractivity contribution in [3.05, 3.63) is 82.8 Å². The normalized spacial score (nSPS) is 10.8. The molecule has 4 aromatic rings. The number of amides is 1. The quantitative estimate of drug-likeness (QED) is 0.354. The molecule has 6 nitrogen and oxygen atoms in total. The fraction of sp³-hybridized carbons (Fsp3) is 0.0455. The number of benzene rings is 3. The Balaban J connectivity index is 1.59. The van der Waals surface area contributed by atoms with E-state index in [1.165, 1.54) is 11.8 Å². The highest BCUT2D eigenvalue weighted by molar-refractivity contribution is 7.99. The highest BCUT2D eigenvalue weighted by atomic mass is 35.5. The largest absolute Gasteiger partial charge is 0.507 e. The lowest BCUT2D eigenvalue weighted by molar-refractivity contribution is -0.113. The number of aromatic nitrogens is 3. The van der Waals surface area contributed by atoms with Crippen molar-refractivity contribution in [3.8, 4) is 22.8 Å². The number of nitrogens with zero attached hydrogens (tertiary/aromatic N) is 3. The molecule has 1 heterocycles. The molecule has 0 aliphatic heterocycles. The highest BCUT2D eigenvalue weighted by Gasteiger charge is 2.19. The second-order valence-electron chi connectivity index (χ2n) is 6.46. The van der Waals surface area contributed by atoms with Gasteiger partial charge in [-0.1, -0.05) is 65.3 Å². The summed E-state index contributed by atoms with van der Waals surface area (Å²) in [7, 11) is 0. The topological polar surface area (TPSA) is 80.0 Å². The van der Waals surface area contributed by atoms with Crippen LogP contribution in [0, 0.1) is 0 Å². The summed E-state index contributed by atoms with van der Waals surface area (Å²) in [6.07, 6.45) is 0. The van der Waals surface area contributed by atoms with E-state index in [4.69, 9.17) is 23.2 Å². The minimum Gasteiger partial charge on any atom is -0.507 e. The first-order valence-corrected chi connectivity index (χ1v) is 10.9. The Labute approximate surface area is 192 Å². The van der Waals surface area contributed by atoms with E-state index >= 15 is 0 Å². The maximum Gasteiger partial charge on any atom is 0.234 e. The van der Waals surface area contributed by atoms with Crippen molar-refractivity contribution in [2.45, 2.75) is 5.16 Å². The van der Waals surface area contributed by atoms with Gasteiger partial charge in [-0.25, -0.2) is 0 Å². The molecule has 0 saturated heterocycles. The Kier molecular flexibility index (Phi) is 6.46. The van der Waals surface area contributed by atoms with Crippen molar-refractivity contribution in [3.63, 3.8) is 0 Å². The van der Waals surface area contributed by atoms with Crippen LogP contribution in [0.2, 0.25) is 10.0 Å². The zero-order valence-corrected chi connectivity index (χ0v) is 18.3. The SMILES string of the molecule is O=C(CSc1nnc(-c2ccccc2O)n1-c1ccccc1)Nc1ccc(Cl)c(Cl)c1. The predicted molar refractivity (Wildman–Crippen MR) is 124 cm³/mol. The van der Waals surface area contributed by atoms with Crippen LogP contribution in [0.1, 0.15) is 0 Å². The number of rotatable bonds is 6. The summed E-state index contributed by atoms with van der Waals surface area (Å²) in [4.78, 5) is 12.5. The van der Waals surface area contributed by atoms with E-state index in [1.54, 1.807) is 36.4 Å². The fourth-order valence-electron chi connectivity index (χ4n) is 2.91. The van der Waals surface area contributed by atoms with Crippen molar-refractivity contribution in [2.75, 3.05) is 11.1 Å². The van der Waals surface area contributed by atoms with Crippen LogP contribution >= 0.6 is 35.0 Å². The summed E-state index contributed by atoms with van der Waals surface area (Å²) in [6.45, 7) is 0. The number of anilines is 1. The summed E-state index contributed by atoms with van der Waals surface area (Å²) >= 11 is 13.2. The molecule has 0 fully saturated rings. The maximum absolute atomic E-state index is 12.5. The molecule has 4 rings (SSSR count). The standard InChI is InChI=1S/C22H16Cl2N4O2S/c23-17-11-10-14(12-18(17)24)25-20(30)13-31-22-27-26-21(16-8-4-5-9-19(16)29)28(22)15-6-2-1-3-7-15/h1-12,29H,13H2,(H,25,30). The first-order valence-electron chi connectivity index (χ1n) is 9.20. The van der Waals surface area contributed by atoms with Gasteiger partial charge >= 0.3 is 0 Å². The van der Waals surface area contributed by atoms with E-state index in [2.05, 4.69) is 15.5 Å². The molecule has 1 aromatic heterocycles. The minimum atomic E-state index is -0.227. The lowest BCUT2D eigenvalue weighted by Crippen LogP contribution is -2.14. The van der Waals surface area contributed by atoms with Crippen LogP contribution < -0.4 is 5.32 Å². The van der Waals surface area contributed by atoms with Crippen LogP contribution in [0.3, 0.4) is 0 Å². The summed E-state index contributed by atoms with van der Waals surface area (Å²) in [5.41, 5.74) is 1.92. The third-order valence-electron chi connectivity index (χ3n) is 4.33. The summed E-state index contributed by atoms with van der Waals surface area (Å²) in [5.74, 6) is 0.458. The average molecular weight is 471 g/mol. The molecule has 0 bridgehead atoms. The molecule has 0 atom stereocenters. The first-order chi connectivity index (χ1) is 15.0. The van der Waals surface area contributed by atoms with Crippen LogP contribution in [-0.4, -0.2) is 31.5 Å². The Morgan fingerprint density at radius 2 is 1.71 bits per heavy atom. The molecule has 0 aliphatic rings. The van der Waals surface area contributed by atoms with Crippen LogP contribution in [-0.2, 0) is 4.79 Å². The number of phenolic OH excluding ortho intramolecular Hbond substituents is 1. The number of halogens is 2. The molecule has 0 unspecified atom stereocenters. The predicted octanol–water partition coefficient (Wildman–Crippen LogP) is 5.68. The molecule has 0 aliphatic carbocycles. The average Bonchev–Trinajstić information content (AvgIpc) is 3.19. The van der Waals surface area contributed by atoms with Crippen molar-refractivity contribution in [1.29, 1.82) is 0 Å². The zero-order valence-electron chi connectivity index (χ0n) is 16.0. The van der Waals surface area contributed by atoms with Gasteiger partial charge in [0.25, 0.3) is 0 Å². The number of phenols is 1. The van der Waals surface area contributed by atoms with Gasteiger partial charge in [-0.3, -0.25) is 9.36 Å². The summed E-state index contributed by atoms with van der Waals surface area (Å²) < 4.78 is 1.81. The van der Waals surface area contributed by atoms with Gasteiger partial charge in [-0.15, -0.1) is 10.2 Å². The maximum atomic E-state index is 12.5. The van der Waals surface area contributed by atoms with Crippen molar-refractivity contribution in [1.82, 2.24) is 14.8 Å². The third kappa shape index (κ3) is 4.85. The molecule has 9 heteroatoms. The Morgan fingerprint density at radius 1 is 0.968 bits per heavy atom. The Bertz CT molecular complexity index is 1230. The molecule has 0 radical (unpaired) electrons. The molecule has 1 amide bonds. The number of carbonyl (C=O) groups excluding carboxylic acids is 1. The highest BCUT2D eigenvalue weighted by Crippen LogP contribution is 2.32. The van der Waals surface area contributed by atoms with Crippen LogP contribution in [0.25, 0.3) is 17.1 Å². The van der Waals surface area contributed by atoms with E-state index in [0.717, 1.165) is 5.69 Å². The van der Waals surface area contributed by atoms with E-state index in [1.807, 2.05) is 41.0 Å². The van der Waals surface area contributed by atoms with Gasteiger partial charge in [0.1, 0.15) is 5.75 Å². The van der Waals surface area contributed by atoms with Gasteiger partial charge in [-0.05, 0) is 42.5 Å². The second-order valence-corrected chi connectivity index (χ2v) is 8.22. The van der Waals surface area contributed by atoms with Crippen LogP contribution in [0.15, 0.2) is 78.0 Å². The third-order valence-corrected chi connectivity index (χ3v) is 6.00. The lowest BCUT2D eigenvalue weighted by Gasteiger charge is -2.11. The number of para-hydroxylation sites is 2. The Morgan fingerprint density at radius 3 is 2.45 bits per heavy atom. The number of hydrogen-bond acceptors (Lipinski definition) is 5. The molecule has 2 N–H and O–H groups in total. The van der Waals surface area contributed by atoms with Gasteiger partial charge in [0, 0.05) is 11.4 Å². The molecule has 156 valence electrons. The van der Waals surface area contributed by atoms with Crippen molar-refractivity contribution >= 4 is 46.6 Å². The molecular formula is C22H16Cl2N4O2S. The second kappa shape index (κ2) is 9.43. The van der Waals surface area contributed by atoms with Gasteiger partial charge in [0.05, 0.1) is 21.4 Å². The molecule has 0 saturated carbocycles. The summed E-state index contributed by atoms with van der Waals surface area (Å²) in [5, 5.41) is 22.9. The fourth-order valence-corrected chi connectivity index (χ4v) is 3.96. The van der Waals surface area contributed by atoms with Crippen LogP contribution in [0.5, 0.6) is 5.75 Å². The van der Waals surface area contributed by atoms with Crippen molar-refractivity contribution < 1.29 is 9.90 Å². The molecular weight excluding hydrogens is 455 g/mol. The van der Waals surface area contributed by atoms with E-state index in [-0.39, 0.29) is 17.4 Å². The number of carbonyl (C=O) groups is 1. The van der Waals surface area contributed by atoms with Gasteiger partial charge in [-0.2, -0.15) is 0 Å². The van der Waals surface area contributed by atoms with Gasteiger partial charge in [0.2, 0.25) is 5.91 Å². The van der Waals surface area contributed by atoms with Crippen molar-refractivity contribution in [2.24, 2.45) is 0 Å². The monoisotopic (exact) mass is 470 g/mol. The molecule has 0 spiro atoms. The van der Waals surface area contributed by atoms with Crippen LogP contribution in [0.4, 0.5) is 5.69 Å². The van der Waals surface area contributed by atoms with Gasteiger partial charge < -0.3 is 10.4 Å². The number of thioether (sulfide) groups is 1. The van der Waals surface area contributed by atoms with Gasteiger partial charge in [0.15, 0.2) is 11.0 Å². The number of aromatic hydroxyl groups is 1. The smallest absolute Gasteiger partial charge is 0.234 e. The zero-order chi connectivity index (χ0) is 21.8. The van der Waals surface area contributed by atoms with E-state index in [9.17, 15) is 9.90 Å². The summed E-state index contributed by atoms with van der Waals surface area (Å²) in [6, 6.07) is 21.3. The number of nitrogens with one attached hydrogen (secondary N) is 1. The minimum absolute atomic E-state index is 0.0981. The number of hydrogen-bond donors (Lipinski definition) is 2. The van der Waals surface area contributed by atoms with E-state index in [0.29, 0.717) is 32.3 Å². The molecule has 31 heavy (non-hydrogen) atoms. The lowest BCUT2D eigenvalue weighted by atomic mass is 10.2. The first kappa shape index (κ1) is 21.2. The molecule has 3 aromatic carbocycles. The Hall–Kier alpha value is -3.00.